The van der Waals surface area contributed by atoms with Gasteiger partial charge in [-0.15, -0.1) is 0 Å². The minimum Gasteiger partial charge on any atom is -0.237 e. The lowest BCUT2D eigenvalue weighted by molar-refractivity contribution is -0.696. The Hall–Kier alpha value is -1.01. The van der Waals surface area contributed by atoms with Crippen molar-refractivity contribution in [2.24, 2.45) is 0 Å². The number of nitrogens with zero attached hydrogens (tertiary/aromatic N) is 2. The molecule has 0 spiro atoms. The van der Waals surface area contributed by atoms with E-state index >= 15 is 0 Å². The van der Waals surface area contributed by atoms with Crippen LogP contribution in [0.2, 0.25) is 25.7 Å². The molecule has 1 rings (SSSR count). The second kappa shape index (κ2) is 12.4. The first-order chi connectivity index (χ1) is 11.5. The molecule has 0 aromatic carbocycles. The average Bonchev–Trinajstić information content (AvgIpc) is 2.96. The van der Waals surface area contributed by atoms with Crippen LogP contribution in [0, 0.1) is 11.8 Å². The zero-order chi connectivity index (χ0) is 17.7. The molecule has 136 valence electrons. The minimum atomic E-state index is -0.815. The molecule has 0 atom stereocenters. The van der Waals surface area contributed by atoms with Gasteiger partial charge in [-0.05, 0) is 19.3 Å². The van der Waals surface area contributed by atoms with E-state index in [1.165, 1.54) is 57.4 Å². The molecule has 0 saturated carbocycles. The predicted octanol–water partition coefficient (Wildman–Crippen LogP) is 5.65. The highest BCUT2D eigenvalue weighted by Gasteiger charge is 2.11. The Morgan fingerprint density at radius 2 is 1.67 bits per heavy atom. The number of rotatable bonds is 12. The van der Waals surface area contributed by atoms with E-state index in [1.54, 1.807) is 0 Å². The van der Waals surface area contributed by atoms with Crippen molar-refractivity contribution in [3.8, 4) is 11.8 Å². The molecule has 0 amide bonds. The number of aryl methyl sites for hydroxylation is 1. The molecule has 1 aromatic rings. The van der Waals surface area contributed by atoms with Gasteiger partial charge in [0.05, 0.1) is 6.54 Å². The van der Waals surface area contributed by atoms with Gasteiger partial charge in [0.15, 0.2) is 6.54 Å². The lowest BCUT2D eigenvalue weighted by Crippen LogP contribution is -2.30. The fraction of sp³-hybridized carbons (Fsp3) is 0.762. The molecule has 0 bridgehead atoms. The van der Waals surface area contributed by atoms with Gasteiger partial charge in [-0.3, -0.25) is 0 Å². The highest BCUT2D eigenvalue weighted by atomic mass is 28.3. The van der Waals surface area contributed by atoms with Crippen molar-refractivity contribution in [2.75, 3.05) is 0 Å². The number of unbranched alkanes of at least 4 members (excludes halogenated alkanes) is 7. The Balaban J connectivity index is 2.07. The smallest absolute Gasteiger partial charge is 0.237 e. The summed E-state index contributed by atoms with van der Waals surface area (Å²) in [7, 11) is -0.815. The third-order valence-corrected chi connectivity index (χ3v) is 6.23. The second-order valence-electron chi connectivity index (χ2n) is 8.21. The van der Waals surface area contributed by atoms with Crippen molar-refractivity contribution in [2.45, 2.75) is 103 Å². The van der Waals surface area contributed by atoms with Crippen molar-refractivity contribution >= 4 is 8.07 Å². The Kier molecular flexibility index (Phi) is 10.8. The summed E-state index contributed by atoms with van der Waals surface area (Å²) in [5.41, 5.74) is 0. The third kappa shape index (κ3) is 11.5. The van der Waals surface area contributed by atoms with Crippen LogP contribution in [-0.4, -0.2) is 12.6 Å². The van der Waals surface area contributed by atoms with Gasteiger partial charge >= 0.3 is 0 Å². The van der Waals surface area contributed by atoms with Gasteiger partial charge in [0.1, 0.15) is 12.4 Å². The fourth-order valence-corrected chi connectivity index (χ4v) is 4.15. The van der Waals surface area contributed by atoms with Gasteiger partial charge in [-0.25, -0.2) is 9.13 Å². The fourth-order valence-electron chi connectivity index (χ4n) is 2.84. The molecule has 24 heavy (non-hydrogen) atoms. The standard InChI is InChI=1S/C21H39N2Si/c1-5-6-7-8-10-13-16-22-18-19-23(21-22)17-14-11-9-12-15-20-24(2,3)4/h18-19,21H,5-9,11-12,14-17,20H2,1-4H3/q+1. The highest BCUT2D eigenvalue weighted by molar-refractivity contribution is 6.76. The van der Waals surface area contributed by atoms with E-state index in [-0.39, 0.29) is 0 Å². The molecule has 0 N–H and O–H groups in total. The monoisotopic (exact) mass is 347 g/mol. The van der Waals surface area contributed by atoms with Crippen LogP contribution < -0.4 is 4.57 Å². The summed E-state index contributed by atoms with van der Waals surface area (Å²) in [6, 6.07) is 1.49. The van der Waals surface area contributed by atoms with Crippen LogP contribution in [0.25, 0.3) is 0 Å². The SMILES string of the molecule is CCCCCC#CCn1cc[n+](CCCCCCC[Si](C)(C)C)c1. The highest BCUT2D eigenvalue weighted by Crippen LogP contribution is 2.14. The number of imidazole rings is 1. The van der Waals surface area contributed by atoms with Crippen molar-refractivity contribution < 1.29 is 4.57 Å². The van der Waals surface area contributed by atoms with E-state index in [1.807, 2.05) is 0 Å². The molecule has 1 heterocycles. The zero-order valence-corrected chi connectivity index (χ0v) is 17.6. The van der Waals surface area contributed by atoms with Crippen molar-refractivity contribution in [1.82, 2.24) is 4.57 Å². The molecule has 0 aliphatic heterocycles. The normalized spacial score (nSPS) is 11.3. The summed E-state index contributed by atoms with van der Waals surface area (Å²) in [5.74, 6) is 6.56. The van der Waals surface area contributed by atoms with E-state index in [4.69, 9.17) is 0 Å². The van der Waals surface area contributed by atoms with Gasteiger partial charge in [0.25, 0.3) is 0 Å². The average molecular weight is 348 g/mol. The van der Waals surface area contributed by atoms with Crippen LogP contribution in [0.3, 0.4) is 0 Å². The molecule has 0 saturated heterocycles. The first-order valence-electron chi connectivity index (χ1n) is 10.0. The number of hydrogen-bond donors (Lipinski definition) is 0. The number of hydrogen-bond acceptors (Lipinski definition) is 0. The Labute approximate surface area is 151 Å². The molecule has 0 fully saturated rings. The van der Waals surface area contributed by atoms with Crippen molar-refractivity contribution in [3.63, 3.8) is 0 Å². The predicted molar refractivity (Wildman–Crippen MR) is 108 cm³/mol. The van der Waals surface area contributed by atoms with Crippen molar-refractivity contribution in [1.29, 1.82) is 0 Å². The summed E-state index contributed by atoms with van der Waals surface area (Å²) in [4.78, 5) is 0. The minimum absolute atomic E-state index is 0.815. The van der Waals surface area contributed by atoms with E-state index in [2.05, 4.69) is 66.3 Å². The van der Waals surface area contributed by atoms with Gasteiger partial charge in [-0.2, -0.15) is 0 Å². The Bertz CT molecular complexity index is 488. The molecular formula is C21H39N2Si+. The quantitative estimate of drug-likeness (QED) is 0.200. The lowest BCUT2D eigenvalue weighted by atomic mass is 10.1. The maximum Gasteiger partial charge on any atom is 0.244 e. The molecule has 1 aromatic heterocycles. The lowest BCUT2D eigenvalue weighted by Gasteiger charge is -2.14. The topological polar surface area (TPSA) is 8.81 Å². The van der Waals surface area contributed by atoms with Crippen molar-refractivity contribution in [3.05, 3.63) is 18.7 Å². The first-order valence-corrected chi connectivity index (χ1v) is 13.7. The maximum atomic E-state index is 3.28. The molecule has 0 unspecified atom stereocenters. The van der Waals surface area contributed by atoms with Gasteiger partial charge < -0.3 is 0 Å². The third-order valence-electron chi connectivity index (χ3n) is 4.38. The molecule has 0 aliphatic rings. The molecule has 0 radical (unpaired) electrons. The van der Waals surface area contributed by atoms with Crippen LogP contribution in [0.5, 0.6) is 0 Å². The van der Waals surface area contributed by atoms with Gasteiger partial charge in [0, 0.05) is 14.5 Å². The van der Waals surface area contributed by atoms with Crippen LogP contribution in [0.4, 0.5) is 0 Å². The van der Waals surface area contributed by atoms with Crippen LogP contribution in [0.15, 0.2) is 18.7 Å². The number of aromatic nitrogens is 2. The van der Waals surface area contributed by atoms with Gasteiger partial charge in [0.2, 0.25) is 6.33 Å². The molecule has 2 nitrogen and oxygen atoms in total. The second-order valence-corrected chi connectivity index (χ2v) is 13.8. The van der Waals surface area contributed by atoms with Crippen LogP contribution >= 0.6 is 0 Å². The largest absolute Gasteiger partial charge is 0.244 e. The molecular weight excluding hydrogens is 308 g/mol. The van der Waals surface area contributed by atoms with Gasteiger partial charge in [-0.1, -0.05) is 76.6 Å². The molecule has 0 aliphatic carbocycles. The summed E-state index contributed by atoms with van der Waals surface area (Å²) >= 11 is 0. The molecule has 3 heteroatoms. The Morgan fingerprint density at radius 3 is 2.42 bits per heavy atom. The van der Waals surface area contributed by atoms with E-state index in [0.717, 1.165) is 19.5 Å². The van der Waals surface area contributed by atoms with E-state index < -0.39 is 8.07 Å². The maximum absolute atomic E-state index is 3.28. The summed E-state index contributed by atoms with van der Waals surface area (Å²) in [5, 5.41) is 0. The van der Waals surface area contributed by atoms with Crippen LogP contribution in [-0.2, 0) is 13.1 Å². The first kappa shape index (κ1) is 21.0. The summed E-state index contributed by atoms with van der Waals surface area (Å²) < 4.78 is 4.50. The Morgan fingerprint density at radius 1 is 0.917 bits per heavy atom. The van der Waals surface area contributed by atoms with E-state index in [0.29, 0.717) is 0 Å². The summed E-state index contributed by atoms with van der Waals surface area (Å²) in [6.45, 7) is 11.6. The zero-order valence-electron chi connectivity index (χ0n) is 16.6. The van der Waals surface area contributed by atoms with Crippen LogP contribution in [0.1, 0.15) is 64.7 Å². The summed E-state index contributed by atoms with van der Waals surface area (Å²) in [6.07, 6.45) is 18.3. The van der Waals surface area contributed by atoms with E-state index in [9.17, 15) is 0 Å².